The van der Waals surface area contributed by atoms with Gasteiger partial charge in [-0.2, -0.15) is 0 Å². The molecule has 0 amide bonds. The fraction of sp³-hybridized carbons (Fsp3) is 0.769. The molecule has 0 saturated heterocycles. The number of hydrogen-bond donors (Lipinski definition) is 1. The SMILES string of the molecule is CCOC(=O)/C=C/[C@H](N=[N+]=[N-])[C@@H](O)C1CCCCC1. The highest BCUT2D eigenvalue weighted by Gasteiger charge is 2.26. The highest BCUT2D eigenvalue weighted by molar-refractivity contribution is 5.82. The third-order valence-corrected chi connectivity index (χ3v) is 3.38. The van der Waals surface area contributed by atoms with Gasteiger partial charge in [0, 0.05) is 11.0 Å². The molecular weight excluding hydrogens is 246 g/mol. The normalized spacial score (nSPS) is 19.7. The quantitative estimate of drug-likeness (QED) is 0.263. The molecule has 6 nitrogen and oxygen atoms in total. The minimum atomic E-state index is -0.734. The Morgan fingerprint density at radius 1 is 1.53 bits per heavy atom. The van der Waals surface area contributed by atoms with E-state index in [2.05, 4.69) is 10.0 Å². The molecule has 1 N–H and O–H groups in total. The Morgan fingerprint density at radius 2 is 2.21 bits per heavy atom. The summed E-state index contributed by atoms with van der Waals surface area (Å²) in [5.41, 5.74) is 8.55. The molecule has 0 bridgehead atoms. The van der Waals surface area contributed by atoms with Crippen molar-refractivity contribution < 1.29 is 14.6 Å². The van der Waals surface area contributed by atoms with E-state index in [9.17, 15) is 9.90 Å². The molecule has 0 heterocycles. The molecule has 1 saturated carbocycles. The van der Waals surface area contributed by atoms with Crippen molar-refractivity contribution in [2.24, 2.45) is 11.0 Å². The van der Waals surface area contributed by atoms with Gasteiger partial charge in [-0.05, 0) is 31.2 Å². The number of ether oxygens (including phenoxy) is 1. The highest BCUT2D eigenvalue weighted by Crippen LogP contribution is 2.28. The number of aliphatic hydroxyl groups excluding tert-OH is 1. The van der Waals surface area contributed by atoms with Crippen LogP contribution in [0.1, 0.15) is 39.0 Å². The first kappa shape index (κ1) is 15.5. The van der Waals surface area contributed by atoms with E-state index in [-0.39, 0.29) is 5.92 Å². The molecule has 0 aromatic heterocycles. The topological polar surface area (TPSA) is 95.3 Å². The maximum absolute atomic E-state index is 11.2. The van der Waals surface area contributed by atoms with Gasteiger partial charge in [-0.3, -0.25) is 0 Å². The predicted octanol–water partition coefficient (Wildman–Crippen LogP) is 2.73. The third kappa shape index (κ3) is 5.32. The van der Waals surface area contributed by atoms with Crippen molar-refractivity contribution in [1.29, 1.82) is 0 Å². The molecule has 2 atom stereocenters. The second kappa shape index (κ2) is 8.56. The van der Waals surface area contributed by atoms with Gasteiger partial charge in [-0.15, -0.1) is 0 Å². The number of azide groups is 1. The van der Waals surface area contributed by atoms with Crippen LogP contribution >= 0.6 is 0 Å². The van der Waals surface area contributed by atoms with Crippen molar-refractivity contribution in [1.82, 2.24) is 0 Å². The van der Waals surface area contributed by atoms with E-state index in [0.29, 0.717) is 6.61 Å². The van der Waals surface area contributed by atoms with Crippen LogP contribution in [0.3, 0.4) is 0 Å². The number of esters is 1. The van der Waals surface area contributed by atoms with Gasteiger partial charge >= 0.3 is 5.97 Å². The summed E-state index contributed by atoms with van der Waals surface area (Å²) in [7, 11) is 0. The van der Waals surface area contributed by atoms with Crippen LogP contribution in [0, 0.1) is 5.92 Å². The molecule has 19 heavy (non-hydrogen) atoms. The third-order valence-electron chi connectivity index (χ3n) is 3.38. The smallest absolute Gasteiger partial charge is 0.330 e. The summed E-state index contributed by atoms with van der Waals surface area (Å²) < 4.78 is 4.75. The van der Waals surface area contributed by atoms with Crippen LogP contribution in [0.2, 0.25) is 0 Å². The zero-order valence-electron chi connectivity index (χ0n) is 11.2. The Labute approximate surface area is 113 Å². The van der Waals surface area contributed by atoms with E-state index in [0.717, 1.165) is 25.7 Å². The molecule has 0 radical (unpaired) electrons. The summed E-state index contributed by atoms with van der Waals surface area (Å²) >= 11 is 0. The molecule has 0 unspecified atom stereocenters. The first-order chi connectivity index (χ1) is 9.19. The Hall–Kier alpha value is -1.52. The lowest BCUT2D eigenvalue weighted by Crippen LogP contribution is -2.32. The zero-order chi connectivity index (χ0) is 14.1. The summed E-state index contributed by atoms with van der Waals surface area (Å²) in [5.74, 6) is -0.354. The number of aliphatic hydroxyl groups is 1. The van der Waals surface area contributed by atoms with E-state index in [1.807, 2.05) is 0 Å². The monoisotopic (exact) mass is 267 g/mol. The first-order valence-electron chi connectivity index (χ1n) is 6.76. The maximum Gasteiger partial charge on any atom is 0.330 e. The van der Waals surface area contributed by atoms with Crippen molar-refractivity contribution in [2.75, 3.05) is 6.61 Å². The fourth-order valence-electron chi connectivity index (χ4n) is 2.40. The molecule has 0 aromatic rings. The average molecular weight is 267 g/mol. The van der Waals surface area contributed by atoms with Crippen LogP contribution in [0.4, 0.5) is 0 Å². The minimum absolute atomic E-state index is 0.135. The maximum atomic E-state index is 11.2. The number of carbonyl (C=O) groups is 1. The van der Waals surface area contributed by atoms with Crippen molar-refractivity contribution >= 4 is 5.97 Å². The second-order valence-corrected chi connectivity index (χ2v) is 4.70. The van der Waals surface area contributed by atoms with Gasteiger partial charge in [0.05, 0.1) is 18.8 Å². The Morgan fingerprint density at radius 3 is 2.79 bits per heavy atom. The van der Waals surface area contributed by atoms with Gasteiger partial charge in [0.25, 0.3) is 0 Å². The van der Waals surface area contributed by atoms with Crippen LogP contribution in [-0.2, 0) is 9.53 Å². The van der Waals surface area contributed by atoms with Crippen LogP contribution in [0.5, 0.6) is 0 Å². The molecule has 1 aliphatic rings. The molecule has 1 aliphatic carbocycles. The largest absolute Gasteiger partial charge is 0.463 e. The van der Waals surface area contributed by atoms with Gasteiger partial charge in [-0.1, -0.05) is 30.5 Å². The van der Waals surface area contributed by atoms with Crippen LogP contribution < -0.4 is 0 Å². The Bertz CT molecular complexity index is 358. The number of nitrogens with zero attached hydrogens (tertiary/aromatic N) is 3. The van der Waals surface area contributed by atoms with Crippen molar-refractivity contribution in [3.05, 3.63) is 22.6 Å². The van der Waals surface area contributed by atoms with Crippen molar-refractivity contribution in [2.45, 2.75) is 51.2 Å². The standard InChI is InChI=1S/C13H21N3O3/c1-2-19-12(17)9-8-11(15-16-14)13(18)10-6-4-3-5-7-10/h8-11,13,18H,2-7H2,1H3/b9-8+/t11-,13-/m0/s1. The van der Waals surface area contributed by atoms with Crippen LogP contribution in [0.25, 0.3) is 10.4 Å². The number of carbonyl (C=O) groups excluding carboxylic acids is 1. The van der Waals surface area contributed by atoms with E-state index < -0.39 is 18.1 Å². The first-order valence-corrected chi connectivity index (χ1v) is 6.76. The molecule has 106 valence electrons. The average Bonchev–Trinajstić information content (AvgIpc) is 2.44. The predicted molar refractivity (Wildman–Crippen MR) is 71.3 cm³/mol. The minimum Gasteiger partial charge on any atom is -0.463 e. The van der Waals surface area contributed by atoms with E-state index in [1.165, 1.54) is 18.6 Å². The molecule has 6 heteroatoms. The van der Waals surface area contributed by atoms with Crippen LogP contribution in [-0.4, -0.2) is 29.8 Å². The van der Waals surface area contributed by atoms with Gasteiger partial charge in [0.15, 0.2) is 0 Å². The summed E-state index contributed by atoms with van der Waals surface area (Å²) in [6, 6.07) is -0.711. The van der Waals surface area contributed by atoms with Gasteiger partial charge in [0.2, 0.25) is 0 Å². The molecule has 1 fully saturated rings. The van der Waals surface area contributed by atoms with E-state index >= 15 is 0 Å². The summed E-state index contributed by atoms with van der Waals surface area (Å²) in [5, 5.41) is 13.8. The van der Waals surface area contributed by atoms with Gasteiger partial charge in [-0.25, -0.2) is 4.79 Å². The summed E-state index contributed by atoms with van der Waals surface area (Å²) in [6.45, 7) is 2.01. The van der Waals surface area contributed by atoms with Crippen molar-refractivity contribution in [3.8, 4) is 0 Å². The number of rotatable bonds is 6. The van der Waals surface area contributed by atoms with Crippen LogP contribution in [0.15, 0.2) is 17.3 Å². The molecule has 0 aliphatic heterocycles. The fourth-order valence-corrected chi connectivity index (χ4v) is 2.40. The molecule has 0 spiro atoms. The molecule has 0 aromatic carbocycles. The molecule has 1 rings (SSSR count). The second-order valence-electron chi connectivity index (χ2n) is 4.70. The zero-order valence-corrected chi connectivity index (χ0v) is 11.2. The summed E-state index contributed by atoms with van der Waals surface area (Å²) in [6.07, 6.45) is 7.15. The lowest BCUT2D eigenvalue weighted by molar-refractivity contribution is -0.137. The summed E-state index contributed by atoms with van der Waals surface area (Å²) in [4.78, 5) is 14.0. The van der Waals surface area contributed by atoms with Gasteiger partial charge < -0.3 is 9.84 Å². The highest BCUT2D eigenvalue weighted by atomic mass is 16.5. The molecular formula is C13H21N3O3. The Kier molecular flexibility index (Phi) is 7.00. The lowest BCUT2D eigenvalue weighted by atomic mass is 9.83. The van der Waals surface area contributed by atoms with E-state index in [4.69, 9.17) is 10.3 Å². The van der Waals surface area contributed by atoms with Gasteiger partial charge in [0.1, 0.15) is 0 Å². The Balaban J connectivity index is 2.64. The van der Waals surface area contributed by atoms with Crippen molar-refractivity contribution in [3.63, 3.8) is 0 Å². The van der Waals surface area contributed by atoms with E-state index in [1.54, 1.807) is 6.92 Å². The number of hydrogen-bond acceptors (Lipinski definition) is 4. The lowest BCUT2D eigenvalue weighted by Gasteiger charge is -2.28.